The van der Waals surface area contributed by atoms with Crippen LogP contribution in [0, 0.1) is 13.8 Å². The van der Waals surface area contributed by atoms with Gasteiger partial charge in [-0.25, -0.2) is 0 Å². The SMILES string of the molecule is CCOc1cc(C(=S)N2CCN(C)CC2)cc(Br)c1OCC(=O)Nc1ccc(C)c(C)c1. The van der Waals surface area contributed by atoms with Crippen molar-refractivity contribution in [2.24, 2.45) is 0 Å². The first kappa shape index (κ1) is 24.5. The highest BCUT2D eigenvalue weighted by Gasteiger charge is 2.21. The molecule has 2 aromatic carbocycles. The Morgan fingerprint density at radius 2 is 1.81 bits per heavy atom. The summed E-state index contributed by atoms with van der Waals surface area (Å²) < 4.78 is 12.4. The molecule has 0 aliphatic carbocycles. The molecule has 0 atom stereocenters. The topological polar surface area (TPSA) is 54.0 Å². The van der Waals surface area contributed by atoms with Gasteiger partial charge in [0.15, 0.2) is 18.1 Å². The molecule has 1 heterocycles. The molecule has 3 rings (SSSR count). The van der Waals surface area contributed by atoms with E-state index in [-0.39, 0.29) is 12.5 Å². The van der Waals surface area contributed by atoms with Gasteiger partial charge in [-0.05, 0) is 79.1 Å². The Morgan fingerprint density at radius 1 is 1.09 bits per heavy atom. The molecular weight excluding hydrogens is 490 g/mol. The highest BCUT2D eigenvalue weighted by Crippen LogP contribution is 2.37. The van der Waals surface area contributed by atoms with Crippen LogP contribution in [0.4, 0.5) is 5.69 Å². The molecule has 0 saturated carbocycles. The van der Waals surface area contributed by atoms with Gasteiger partial charge in [0, 0.05) is 37.4 Å². The minimum absolute atomic E-state index is 0.131. The lowest BCUT2D eigenvalue weighted by molar-refractivity contribution is -0.118. The standard InChI is InChI=1S/C24H30BrN3O3S/c1-5-30-21-14-18(24(32)28-10-8-27(4)9-11-28)13-20(25)23(21)31-15-22(29)26-19-7-6-16(2)17(3)12-19/h6-7,12-14H,5,8-11,15H2,1-4H3,(H,26,29). The third-order valence-electron chi connectivity index (χ3n) is 5.49. The monoisotopic (exact) mass is 519 g/mol. The molecule has 1 amide bonds. The highest BCUT2D eigenvalue weighted by molar-refractivity contribution is 9.10. The Labute approximate surface area is 204 Å². The molecule has 0 bridgehead atoms. The average molecular weight is 520 g/mol. The fourth-order valence-corrected chi connectivity index (χ4v) is 4.30. The van der Waals surface area contributed by atoms with E-state index in [0.29, 0.717) is 22.6 Å². The number of hydrogen-bond acceptors (Lipinski definition) is 5. The Bertz CT molecular complexity index is 991. The molecule has 1 aliphatic heterocycles. The Kier molecular flexibility index (Phi) is 8.51. The van der Waals surface area contributed by atoms with Gasteiger partial charge in [0.25, 0.3) is 5.91 Å². The maximum Gasteiger partial charge on any atom is 0.262 e. The van der Waals surface area contributed by atoms with Gasteiger partial charge in [-0.2, -0.15) is 0 Å². The van der Waals surface area contributed by atoms with Gasteiger partial charge in [0.1, 0.15) is 4.99 Å². The minimum atomic E-state index is -0.236. The van der Waals surface area contributed by atoms with E-state index in [1.165, 1.54) is 5.56 Å². The van der Waals surface area contributed by atoms with Crippen LogP contribution < -0.4 is 14.8 Å². The number of halogens is 1. The van der Waals surface area contributed by atoms with Gasteiger partial charge in [-0.1, -0.05) is 18.3 Å². The van der Waals surface area contributed by atoms with Crippen molar-refractivity contribution in [2.45, 2.75) is 20.8 Å². The van der Waals surface area contributed by atoms with Crippen LogP contribution in [0.25, 0.3) is 0 Å². The van der Waals surface area contributed by atoms with Crippen LogP contribution in [0.1, 0.15) is 23.6 Å². The lowest BCUT2D eigenvalue weighted by atomic mass is 10.1. The number of aryl methyl sites for hydroxylation is 2. The van der Waals surface area contributed by atoms with E-state index in [9.17, 15) is 4.79 Å². The lowest BCUT2D eigenvalue weighted by Crippen LogP contribution is -2.46. The quantitative estimate of drug-likeness (QED) is 0.547. The number of hydrogen-bond donors (Lipinski definition) is 1. The van der Waals surface area contributed by atoms with Crippen molar-refractivity contribution in [1.82, 2.24) is 9.80 Å². The Balaban J connectivity index is 1.70. The van der Waals surface area contributed by atoms with Gasteiger partial charge in [-0.3, -0.25) is 4.79 Å². The third-order valence-corrected chi connectivity index (χ3v) is 6.57. The maximum atomic E-state index is 12.4. The molecule has 2 aromatic rings. The summed E-state index contributed by atoms with van der Waals surface area (Å²) in [6.07, 6.45) is 0. The van der Waals surface area contributed by atoms with Crippen molar-refractivity contribution in [2.75, 3.05) is 51.8 Å². The first-order chi connectivity index (χ1) is 15.3. The number of amides is 1. The van der Waals surface area contributed by atoms with Gasteiger partial charge < -0.3 is 24.6 Å². The fourth-order valence-electron chi connectivity index (χ4n) is 3.44. The zero-order valence-corrected chi connectivity index (χ0v) is 21.4. The zero-order chi connectivity index (χ0) is 23.3. The molecule has 6 nitrogen and oxygen atoms in total. The normalized spacial score (nSPS) is 14.2. The molecule has 172 valence electrons. The number of nitrogens with one attached hydrogen (secondary N) is 1. The molecule has 1 N–H and O–H groups in total. The van der Waals surface area contributed by atoms with E-state index in [2.05, 4.69) is 38.1 Å². The Hall–Kier alpha value is -2.16. The summed E-state index contributed by atoms with van der Waals surface area (Å²) in [6.45, 7) is 10.1. The predicted molar refractivity (Wildman–Crippen MR) is 136 cm³/mol. The number of ether oxygens (including phenoxy) is 2. The van der Waals surface area contributed by atoms with Gasteiger partial charge in [0.05, 0.1) is 11.1 Å². The summed E-state index contributed by atoms with van der Waals surface area (Å²) in [4.78, 5) is 17.7. The van der Waals surface area contributed by atoms with Crippen molar-refractivity contribution < 1.29 is 14.3 Å². The van der Waals surface area contributed by atoms with E-state index < -0.39 is 0 Å². The molecule has 8 heteroatoms. The summed E-state index contributed by atoms with van der Waals surface area (Å²) in [5.41, 5.74) is 3.95. The number of likely N-dealkylation sites (N-methyl/N-ethyl adjacent to an activating group) is 1. The number of carbonyl (C=O) groups is 1. The van der Waals surface area contributed by atoms with Crippen LogP contribution >= 0.6 is 28.1 Å². The molecule has 0 radical (unpaired) electrons. The van der Waals surface area contributed by atoms with Gasteiger partial charge >= 0.3 is 0 Å². The van der Waals surface area contributed by atoms with Crippen LogP contribution in [-0.4, -0.2) is 67.1 Å². The van der Waals surface area contributed by atoms with Crippen molar-refractivity contribution in [3.05, 3.63) is 51.5 Å². The van der Waals surface area contributed by atoms with E-state index >= 15 is 0 Å². The number of piperazine rings is 1. The molecule has 0 unspecified atom stereocenters. The summed E-state index contributed by atoms with van der Waals surface area (Å²) in [6, 6.07) is 9.64. The molecule has 1 fully saturated rings. The molecular formula is C24H30BrN3O3S. The van der Waals surface area contributed by atoms with Crippen LogP contribution in [0.2, 0.25) is 0 Å². The third kappa shape index (κ3) is 6.21. The maximum absolute atomic E-state index is 12.4. The van der Waals surface area contributed by atoms with Crippen LogP contribution in [-0.2, 0) is 4.79 Å². The fraction of sp³-hybridized carbons (Fsp3) is 0.417. The van der Waals surface area contributed by atoms with Crippen LogP contribution in [0.5, 0.6) is 11.5 Å². The molecule has 0 aromatic heterocycles. The molecule has 0 spiro atoms. The highest BCUT2D eigenvalue weighted by atomic mass is 79.9. The summed E-state index contributed by atoms with van der Waals surface area (Å²) in [5, 5.41) is 2.88. The summed E-state index contributed by atoms with van der Waals surface area (Å²) >= 11 is 9.33. The van der Waals surface area contributed by atoms with E-state index in [0.717, 1.165) is 48.0 Å². The lowest BCUT2D eigenvalue weighted by Gasteiger charge is -2.34. The number of nitrogens with zero attached hydrogens (tertiary/aromatic N) is 2. The second kappa shape index (κ2) is 11.1. The second-order valence-electron chi connectivity index (χ2n) is 7.95. The number of benzene rings is 2. The van der Waals surface area contributed by atoms with E-state index in [1.54, 1.807) is 0 Å². The van der Waals surface area contributed by atoms with Crippen LogP contribution in [0.15, 0.2) is 34.8 Å². The number of rotatable bonds is 7. The number of anilines is 1. The summed E-state index contributed by atoms with van der Waals surface area (Å²) in [5.74, 6) is 0.819. The Morgan fingerprint density at radius 3 is 2.47 bits per heavy atom. The first-order valence-electron chi connectivity index (χ1n) is 10.7. The van der Waals surface area contributed by atoms with Gasteiger partial charge in [0.2, 0.25) is 0 Å². The average Bonchev–Trinajstić information content (AvgIpc) is 2.76. The molecule has 1 aliphatic rings. The van der Waals surface area contributed by atoms with Crippen molar-refractivity contribution in [3.8, 4) is 11.5 Å². The minimum Gasteiger partial charge on any atom is -0.490 e. The molecule has 1 saturated heterocycles. The van der Waals surface area contributed by atoms with Gasteiger partial charge in [-0.15, -0.1) is 0 Å². The number of thiocarbonyl (C=S) groups is 1. The zero-order valence-electron chi connectivity index (χ0n) is 19.0. The number of carbonyl (C=O) groups excluding carboxylic acids is 1. The van der Waals surface area contributed by atoms with E-state index in [4.69, 9.17) is 21.7 Å². The smallest absolute Gasteiger partial charge is 0.262 e. The van der Waals surface area contributed by atoms with Crippen LogP contribution in [0.3, 0.4) is 0 Å². The largest absolute Gasteiger partial charge is 0.490 e. The first-order valence-corrected chi connectivity index (χ1v) is 11.9. The second-order valence-corrected chi connectivity index (χ2v) is 9.19. The van der Waals surface area contributed by atoms with Crippen molar-refractivity contribution in [1.29, 1.82) is 0 Å². The summed E-state index contributed by atoms with van der Waals surface area (Å²) in [7, 11) is 2.12. The van der Waals surface area contributed by atoms with Crippen molar-refractivity contribution in [3.63, 3.8) is 0 Å². The predicted octanol–water partition coefficient (Wildman–Crippen LogP) is 4.41. The van der Waals surface area contributed by atoms with Crippen molar-refractivity contribution >= 4 is 44.7 Å². The van der Waals surface area contributed by atoms with E-state index in [1.807, 2.05) is 51.1 Å². The molecule has 32 heavy (non-hydrogen) atoms.